The van der Waals surface area contributed by atoms with Crippen LogP contribution in [-0.4, -0.2) is 46.2 Å². The van der Waals surface area contributed by atoms with Gasteiger partial charge in [-0.2, -0.15) is 5.11 Å². The summed E-state index contributed by atoms with van der Waals surface area (Å²) in [4.78, 5) is 24.9. The highest BCUT2D eigenvalue weighted by molar-refractivity contribution is 6.31. The van der Waals surface area contributed by atoms with Crippen LogP contribution in [0.4, 0.5) is 11.4 Å². The summed E-state index contributed by atoms with van der Waals surface area (Å²) in [6.45, 7) is 1.24. The first-order chi connectivity index (χ1) is 14.4. The quantitative estimate of drug-likeness (QED) is 0.470. The van der Waals surface area contributed by atoms with Crippen molar-refractivity contribution >= 4 is 34.7 Å². The SMILES string of the molecule is COc1cccc(OC)c1N=NC(C(C)=O)C(=O)Nc1c(OC)cc(Cl)cc1OC. The molecule has 2 rings (SSSR count). The molecule has 0 aliphatic carbocycles. The van der Waals surface area contributed by atoms with Gasteiger partial charge >= 0.3 is 0 Å². The largest absolute Gasteiger partial charge is 0.494 e. The molecule has 0 radical (unpaired) electrons. The second-order valence-corrected chi connectivity index (χ2v) is 6.35. The molecule has 0 heterocycles. The van der Waals surface area contributed by atoms with Crippen molar-refractivity contribution in [2.75, 3.05) is 33.8 Å². The predicted molar refractivity (Wildman–Crippen MR) is 112 cm³/mol. The van der Waals surface area contributed by atoms with Gasteiger partial charge in [0.15, 0.2) is 11.5 Å². The van der Waals surface area contributed by atoms with E-state index in [1.54, 1.807) is 18.2 Å². The number of ether oxygens (including phenoxy) is 4. The number of anilines is 1. The number of carbonyl (C=O) groups is 2. The molecular weight excluding hydrogens is 414 g/mol. The van der Waals surface area contributed by atoms with Gasteiger partial charge in [-0.3, -0.25) is 9.59 Å². The van der Waals surface area contributed by atoms with Gasteiger partial charge in [-0.25, -0.2) is 0 Å². The van der Waals surface area contributed by atoms with Crippen molar-refractivity contribution < 1.29 is 28.5 Å². The summed E-state index contributed by atoms with van der Waals surface area (Å²) in [5.74, 6) is 0.0384. The second-order valence-electron chi connectivity index (χ2n) is 5.91. The molecule has 1 atom stereocenters. The van der Waals surface area contributed by atoms with E-state index in [2.05, 4.69) is 15.5 Å². The molecule has 0 aliphatic heterocycles. The monoisotopic (exact) mass is 435 g/mol. The van der Waals surface area contributed by atoms with E-state index >= 15 is 0 Å². The lowest BCUT2D eigenvalue weighted by Gasteiger charge is -2.16. The molecule has 0 spiro atoms. The average Bonchev–Trinajstić information content (AvgIpc) is 2.74. The van der Waals surface area contributed by atoms with Crippen molar-refractivity contribution in [3.63, 3.8) is 0 Å². The third kappa shape index (κ3) is 5.18. The van der Waals surface area contributed by atoms with Crippen LogP contribution in [-0.2, 0) is 9.59 Å². The first-order valence-corrected chi connectivity index (χ1v) is 9.08. The minimum atomic E-state index is -1.43. The number of hydrogen-bond acceptors (Lipinski definition) is 8. The number of halogens is 1. The zero-order valence-corrected chi connectivity index (χ0v) is 17.9. The fourth-order valence-corrected chi connectivity index (χ4v) is 2.76. The van der Waals surface area contributed by atoms with Gasteiger partial charge in [0.05, 0.1) is 28.4 Å². The summed E-state index contributed by atoms with van der Waals surface area (Å²) in [7, 11) is 5.75. The van der Waals surface area contributed by atoms with Crippen LogP contribution >= 0.6 is 11.6 Å². The van der Waals surface area contributed by atoms with Crippen LogP contribution in [0.3, 0.4) is 0 Å². The topological polar surface area (TPSA) is 108 Å². The molecule has 9 nitrogen and oxygen atoms in total. The molecule has 2 aromatic carbocycles. The number of nitrogens with one attached hydrogen (secondary N) is 1. The van der Waals surface area contributed by atoms with E-state index in [9.17, 15) is 9.59 Å². The molecule has 0 aromatic heterocycles. The van der Waals surface area contributed by atoms with Gasteiger partial charge in [0.25, 0.3) is 5.91 Å². The summed E-state index contributed by atoms with van der Waals surface area (Å²) >= 11 is 6.02. The summed E-state index contributed by atoms with van der Waals surface area (Å²) in [6, 6.07) is 6.61. The standard InChI is InChI=1S/C20H22ClN3O6/c1-11(25)17(23-24-19-13(27-2)7-6-8-14(19)28-3)20(26)22-18-15(29-4)9-12(21)10-16(18)30-5/h6-10,17H,1-5H3,(H,22,26). The third-order valence-electron chi connectivity index (χ3n) is 4.03. The molecule has 1 amide bonds. The van der Waals surface area contributed by atoms with E-state index < -0.39 is 17.7 Å². The number of benzene rings is 2. The Morgan fingerprint density at radius 3 is 1.87 bits per heavy atom. The zero-order valence-electron chi connectivity index (χ0n) is 17.2. The predicted octanol–water partition coefficient (Wildman–Crippen LogP) is 4.05. The number of azo groups is 1. The molecular formula is C20H22ClN3O6. The Morgan fingerprint density at radius 2 is 1.43 bits per heavy atom. The van der Waals surface area contributed by atoms with Crippen LogP contribution in [0.5, 0.6) is 23.0 Å². The number of rotatable bonds is 9. The number of nitrogens with zero attached hydrogens (tertiary/aromatic N) is 2. The maximum absolute atomic E-state index is 12.8. The number of hydrogen-bond donors (Lipinski definition) is 1. The van der Waals surface area contributed by atoms with Gasteiger partial charge in [-0.1, -0.05) is 17.7 Å². The minimum Gasteiger partial charge on any atom is -0.494 e. The van der Waals surface area contributed by atoms with Crippen molar-refractivity contribution in [1.82, 2.24) is 0 Å². The van der Waals surface area contributed by atoms with Gasteiger partial charge in [0, 0.05) is 17.2 Å². The first-order valence-electron chi connectivity index (χ1n) is 8.70. The second kappa shape index (κ2) is 10.4. The van der Waals surface area contributed by atoms with Crippen molar-refractivity contribution in [2.24, 2.45) is 10.2 Å². The number of carbonyl (C=O) groups excluding carboxylic acids is 2. The molecule has 0 fully saturated rings. The molecule has 0 saturated carbocycles. The highest BCUT2D eigenvalue weighted by Crippen LogP contribution is 2.39. The summed E-state index contributed by atoms with van der Waals surface area (Å²) in [6.07, 6.45) is 0. The Labute approximate surface area is 178 Å². The van der Waals surface area contributed by atoms with Crippen LogP contribution < -0.4 is 24.3 Å². The fraction of sp³-hybridized carbons (Fsp3) is 0.300. The maximum atomic E-state index is 12.8. The number of amides is 1. The van der Waals surface area contributed by atoms with Gasteiger partial charge in [0.1, 0.15) is 28.7 Å². The summed E-state index contributed by atoms with van der Waals surface area (Å²) in [5, 5.41) is 10.9. The Kier molecular flexibility index (Phi) is 7.99. The molecule has 0 aliphatic rings. The smallest absolute Gasteiger partial charge is 0.259 e. The summed E-state index contributed by atoms with van der Waals surface area (Å²) in [5.41, 5.74) is 0.467. The zero-order chi connectivity index (χ0) is 22.3. The Bertz CT molecular complexity index is 916. The highest BCUT2D eigenvalue weighted by atomic mass is 35.5. The first kappa shape index (κ1) is 23.0. The molecule has 0 bridgehead atoms. The van der Waals surface area contributed by atoms with Crippen molar-refractivity contribution in [2.45, 2.75) is 13.0 Å². The normalized spacial score (nSPS) is 11.7. The molecule has 2 aromatic rings. The van der Waals surface area contributed by atoms with Crippen molar-refractivity contribution in [3.05, 3.63) is 35.4 Å². The van der Waals surface area contributed by atoms with Gasteiger partial charge in [-0.15, -0.1) is 5.11 Å². The molecule has 0 saturated heterocycles. The van der Waals surface area contributed by atoms with E-state index in [0.29, 0.717) is 16.5 Å². The van der Waals surface area contributed by atoms with Gasteiger partial charge < -0.3 is 24.3 Å². The molecule has 160 valence electrons. The van der Waals surface area contributed by atoms with Crippen LogP contribution in [0.25, 0.3) is 0 Å². The van der Waals surface area contributed by atoms with Crippen molar-refractivity contribution in [1.29, 1.82) is 0 Å². The van der Waals surface area contributed by atoms with E-state index in [-0.39, 0.29) is 22.9 Å². The Balaban J connectivity index is 2.38. The van der Waals surface area contributed by atoms with Gasteiger partial charge in [0.2, 0.25) is 6.04 Å². The molecule has 1 N–H and O–H groups in total. The minimum absolute atomic E-state index is 0.214. The van der Waals surface area contributed by atoms with Crippen molar-refractivity contribution in [3.8, 4) is 23.0 Å². The highest BCUT2D eigenvalue weighted by Gasteiger charge is 2.26. The lowest BCUT2D eigenvalue weighted by Crippen LogP contribution is -2.32. The fourth-order valence-electron chi connectivity index (χ4n) is 2.56. The molecule has 10 heteroatoms. The molecule has 30 heavy (non-hydrogen) atoms. The number of ketones is 1. The van der Waals surface area contributed by atoms with Crippen LogP contribution in [0.2, 0.25) is 5.02 Å². The Morgan fingerprint density at radius 1 is 0.933 bits per heavy atom. The lowest BCUT2D eigenvalue weighted by molar-refractivity contribution is -0.126. The van der Waals surface area contributed by atoms with Crippen LogP contribution in [0, 0.1) is 0 Å². The third-order valence-corrected chi connectivity index (χ3v) is 4.25. The maximum Gasteiger partial charge on any atom is 0.259 e. The van der Waals surface area contributed by atoms with E-state index in [1.807, 2.05) is 0 Å². The van der Waals surface area contributed by atoms with Gasteiger partial charge in [-0.05, 0) is 19.1 Å². The number of Topliss-reactive ketones (excluding diaryl/α,β-unsaturated/α-hetero) is 1. The van der Waals surface area contributed by atoms with Crippen LogP contribution in [0.1, 0.15) is 6.92 Å². The summed E-state index contributed by atoms with van der Waals surface area (Å²) < 4.78 is 21.0. The average molecular weight is 436 g/mol. The lowest BCUT2D eigenvalue weighted by atomic mass is 10.2. The van der Waals surface area contributed by atoms with E-state index in [0.717, 1.165) is 0 Å². The van der Waals surface area contributed by atoms with E-state index in [1.165, 1.54) is 47.5 Å². The Hall–Kier alpha value is -3.33. The molecule has 1 unspecified atom stereocenters. The van der Waals surface area contributed by atoms with Crippen LogP contribution in [0.15, 0.2) is 40.6 Å². The number of methoxy groups -OCH3 is 4. The van der Waals surface area contributed by atoms with E-state index in [4.69, 9.17) is 30.5 Å².